The topological polar surface area (TPSA) is 120 Å². The molecule has 2 heterocycles. The van der Waals surface area contributed by atoms with E-state index in [-0.39, 0.29) is 58.4 Å². The summed E-state index contributed by atoms with van der Waals surface area (Å²) in [6, 6.07) is 5.33. The van der Waals surface area contributed by atoms with E-state index in [1.807, 2.05) is 13.8 Å². The fraction of sp³-hybridized carbons (Fsp3) is 0.350. The van der Waals surface area contributed by atoms with E-state index in [9.17, 15) is 25.2 Å². The van der Waals surface area contributed by atoms with Crippen LogP contribution < -0.4 is 4.74 Å². The van der Waals surface area contributed by atoms with Crippen LogP contribution in [0, 0.1) is 0 Å². The highest BCUT2D eigenvalue weighted by molar-refractivity contribution is 6.06. The molecule has 27 heavy (non-hydrogen) atoms. The molecule has 4 N–H and O–H groups in total. The summed E-state index contributed by atoms with van der Waals surface area (Å²) < 4.78 is 11.1. The molecule has 2 atom stereocenters. The number of aromatic hydroxyl groups is 4. The third kappa shape index (κ3) is 2.94. The monoisotopic (exact) mass is 372 g/mol. The summed E-state index contributed by atoms with van der Waals surface area (Å²) in [6.07, 6.45) is 0.321. The summed E-state index contributed by atoms with van der Waals surface area (Å²) in [7, 11) is 0. The first-order valence-corrected chi connectivity index (χ1v) is 8.63. The van der Waals surface area contributed by atoms with Gasteiger partial charge in [0.1, 0.15) is 29.4 Å². The van der Waals surface area contributed by atoms with Crippen molar-refractivity contribution in [3.63, 3.8) is 0 Å². The van der Waals surface area contributed by atoms with Crippen molar-refractivity contribution in [3.05, 3.63) is 41.0 Å². The molecule has 2 aliphatic heterocycles. The Morgan fingerprint density at radius 2 is 1.78 bits per heavy atom. The van der Waals surface area contributed by atoms with E-state index >= 15 is 0 Å². The highest BCUT2D eigenvalue weighted by Crippen LogP contribution is 2.44. The Morgan fingerprint density at radius 3 is 2.44 bits per heavy atom. The Kier molecular flexibility index (Phi) is 3.75. The van der Waals surface area contributed by atoms with Gasteiger partial charge in [0.05, 0.1) is 17.6 Å². The molecule has 7 nitrogen and oxygen atoms in total. The molecular formula is C20H20O7. The number of fused-ring (bicyclic) bond motifs is 1. The molecule has 0 aliphatic carbocycles. The maximum absolute atomic E-state index is 12.9. The van der Waals surface area contributed by atoms with Gasteiger partial charge in [0.2, 0.25) is 0 Å². The number of phenols is 4. The van der Waals surface area contributed by atoms with Crippen LogP contribution in [0.3, 0.4) is 0 Å². The van der Waals surface area contributed by atoms with Crippen molar-refractivity contribution in [1.29, 1.82) is 0 Å². The molecular weight excluding hydrogens is 352 g/mol. The SMILES string of the molecule is CC1(C)OC1Cc1cc(C2COc3cc(O)cc(O)c3C2=O)cc(O)c1O. The quantitative estimate of drug-likeness (QED) is 0.483. The molecule has 0 bridgehead atoms. The van der Waals surface area contributed by atoms with E-state index in [0.29, 0.717) is 17.5 Å². The second-order valence-electron chi connectivity index (χ2n) is 7.53. The lowest BCUT2D eigenvalue weighted by Gasteiger charge is -2.25. The van der Waals surface area contributed by atoms with Crippen LogP contribution in [-0.4, -0.2) is 44.5 Å². The third-order valence-electron chi connectivity index (χ3n) is 5.20. The van der Waals surface area contributed by atoms with Crippen molar-refractivity contribution >= 4 is 5.78 Å². The number of hydrogen-bond acceptors (Lipinski definition) is 7. The zero-order valence-electron chi connectivity index (χ0n) is 14.9. The van der Waals surface area contributed by atoms with Gasteiger partial charge in [0, 0.05) is 24.1 Å². The molecule has 0 amide bonds. The van der Waals surface area contributed by atoms with Crippen molar-refractivity contribution < 1.29 is 34.7 Å². The fourth-order valence-corrected chi connectivity index (χ4v) is 3.50. The number of carbonyl (C=O) groups is 1. The number of Topliss-reactive ketones (excluding diaryl/α,β-unsaturated/α-hetero) is 1. The van der Waals surface area contributed by atoms with Gasteiger partial charge in [-0.2, -0.15) is 0 Å². The van der Waals surface area contributed by atoms with Gasteiger partial charge < -0.3 is 29.9 Å². The van der Waals surface area contributed by atoms with Crippen LogP contribution in [0.5, 0.6) is 28.7 Å². The predicted octanol–water partition coefficient (Wildman–Crippen LogP) is 2.59. The Morgan fingerprint density at radius 1 is 1.07 bits per heavy atom. The smallest absolute Gasteiger partial charge is 0.181 e. The summed E-state index contributed by atoms with van der Waals surface area (Å²) in [5.41, 5.74) is 0.662. The van der Waals surface area contributed by atoms with Gasteiger partial charge >= 0.3 is 0 Å². The maximum Gasteiger partial charge on any atom is 0.181 e. The molecule has 2 unspecified atom stereocenters. The molecule has 1 saturated heterocycles. The maximum atomic E-state index is 12.9. The third-order valence-corrected chi connectivity index (χ3v) is 5.20. The Hall–Kier alpha value is -2.93. The van der Waals surface area contributed by atoms with Gasteiger partial charge in [-0.05, 0) is 25.5 Å². The lowest BCUT2D eigenvalue weighted by molar-refractivity contribution is 0.0892. The van der Waals surface area contributed by atoms with Crippen LogP contribution >= 0.6 is 0 Å². The molecule has 4 rings (SSSR count). The van der Waals surface area contributed by atoms with Crippen molar-refractivity contribution in [2.45, 2.75) is 37.9 Å². The average Bonchev–Trinajstić information content (AvgIpc) is 3.17. The van der Waals surface area contributed by atoms with Crippen LogP contribution in [0.4, 0.5) is 0 Å². The van der Waals surface area contributed by atoms with E-state index in [4.69, 9.17) is 9.47 Å². The minimum atomic E-state index is -0.758. The minimum Gasteiger partial charge on any atom is -0.508 e. The molecule has 0 radical (unpaired) electrons. The van der Waals surface area contributed by atoms with E-state index in [1.54, 1.807) is 6.07 Å². The number of ether oxygens (including phenoxy) is 2. The van der Waals surface area contributed by atoms with Crippen molar-refractivity contribution in [3.8, 4) is 28.7 Å². The van der Waals surface area contributed by atoms with Crippen LogP contribution in [0.2, 0.25) is 0 Å². The molecule has 142 valence electrons. The number of epoxide rings is 1. The highest BCUT2D eigenvalue weighted by Gasteiger charge is 2.48. The van der Waals surface area contributed by atoms with E-state index in [0.717, 1.165) is 6.07 Å². The summed E-state index contributed by atoms with van der Waals surface area (Å²) >= 11 is 0. The number of rotatable bonds is 3. The van der Waals surface area contributed by atoms with Gasteiger partial charge in [-0.15, -0.1) is 0 Å². The van der Waals surface area contributed by atoms with Gasteiger partial charge in [-0.25, -0.2) is 0 Å². The first kappa shape index (κ1) is 17.5. The minimum absolute atomic E-state index is 0.00942. The summed E-state index contributed by atoms with van der Waals surface area (Å²) in [5.74, 6) is -2.15. The highest BCUT2D eigenvalue weighted by atomic mass is 16.6. The summed E-state index contributed by atoms with van der Waals surface area (Å²) in [5, 5.41) is 39.9. The summed E-state index contributed by atoms with van der Waals surface area (Å²) in [6.45, 7) is 3.86. The molecule has 2 aromatic carbocycles. The van der Waals surface area contributed by atoms with Gasteiger partial charge in [0.25, 0.3) is 0 Å². The Labute approximate surface area is 155 Å². The zero-order chi connectivity index (χ0) is 19.5. The van der Waals surface area contributed by atoms with Crippen molar-refractivity contribution in [1.82, 2.24) is 0 Å². The standard InChI is InChI=1S/C20H20O7/c1-20(2)16(27-20)5-10-3-9(4-14(23)18(10)24)12-8-26-15-7-11(21)6-13(22)17(15)19(12)25/h3-4,6-7,12,16,21-24H,5,8H2,1-2H3. The Bertz CT molecular complexity index is 948. The van der Waals surface area contributed by atoms with Crippen LogP contribution in [0.1, 0.15) is 41.3 Å². The van der Waals surface area contributed by atoms with E-state index in [2.05, 4.69) is 0 Å². The van der Waals surface area contributed by atoms with Crippen molar-refractivity contribution in [2.75, 3.05) is 6.61 Å². The predicted molar refractivity (Wildman–Crippen MR) is 94.8 cm³/mol. The number of carbonyl (C=O) groups excluding carboxylic acids is 1. The lowest BCUT2D eigenvalue weighted by atomic mass is 9.86. The molecule has 2 aromatic rings. The molecule has 0 spiro atoms. The van der Waals surface area contributed by atoms with Gasteiger partial charge in [0.15, 0.2) is 17.3 Å². The number of phenolic OH excluding ortho intramolecular Hbond substituents is 4. The molecule has 7 heteroatoms. The van der Waals surface area contributed by atoms with Crippen LogP contribution in [-0.2, 0) is 11.2 Å². The lowest BCUT2D eigenvalue weighted by Crippen LogP contribution is -2.26. The van der Waals surface area contributed by atoms with Crippen LogP contribution in [0.25, 0.3) is 0 Å². The molecule has 2 aliphatic rings. The molecule has 0 saturated carbocycles. The van der Waals surface area contributed by atoms with E-state index in [1.165, 1.54) is 12.1 Å². The first-order valence-electron chi connectivity index (χ1n) is 8.63. The first-order chi connectivity index (χ1) is 12.7. The Balaban J connectivity index is 1.69. The normalized spacial score (nSPS) is 22.8. The largest absolute Gasteiger partial charge is 0.508 e. The molecule has 1 fully saturated rings. The zero-order valence-corrected chi connectivity index (χ0v) is 14.9. The van der Waals surface area contributed by atoms with E-state index < -0.39 is 5.92 Å². The fourth-order valence-electron chi connectivity index (χ4n) is 3.50. The second kappa shape index (κ2) is 5.79. The second-order valence-corrected chi connectivity index (χ2v) is 7.53. The summed E-state index contributed by atoms with van der Waals surface area (Å²) in [4.78, 5) is 12.9. The number of ketones is 1. The molecule has 0 aromatic heterocycles. The number of hydrogen-bond donors (Lipinski definition) is 4. The van der Waals surface area contributed by atoms with Gasteiger partial charge in [-0.3, -0.25) is 4.79 Å². The van der Waals surface area contributed by atoms with Crippen molar-refractivity contribution in [2.24, 2.45) is 0 Å². The van der Waals surface area contributed by atoms with Crippen LogP contribution in [0.15, 0.2) is 24.3 Å². The number of benzene rings is 2. The average molecular weight is 372 g/mol. The van der Waals surface area contributed by atoms with Gasteiger partial charge in [-0.1, -0.05) is 6.07 Å².